The summed E-state index contributed by atoms with van der Waals surface area (Å²) < 4.78 is 6.60. The fourth-order valence-electron chi connectivity index (χ4n) is 2.86. The summed E-state index contributed by atoms with van der Waals surface area (Å²) in [5.41, 5.74) is -0.0679. The van der Waals surface area contributed by atoms with E-state index in [1.807, 2.05) is 0 Å². The molecule has 1 N–H and O–H groups in total. The van der Waals surface area contributed by atoms with Crippen LogP contribution in [-0.4, -0.2) is 29.5 Å². The Bertz CT molecular complexity index is 452. The van der Waals surface area contributed by atoms with Crippen LogP contribution >= 0.6 is 0 Å². The van der Waals surface area contributed by atoms with E-state index >= 15 is 0 Å². The van der Waals surface area contributed by atoms with Crippen LogP contribution in [0.2, 0.25) is 0 Å². The molecule has 1 aliphatic rings. The Labute approximate surface area is 114 Å². The standard InChI is InChI=1S/C14H23N3O2/c1-3-15-12(11-6-4-5-7-11)10-17-14(18)9-8-13(16-17)19-2/h8-9,11-12,15H,3-7,10H2,1-2H3. The molecular formula is C14H23N3O2. The highest BCUT2D eigenvalue weighted by Gasteiger charge is 2.25. The van der Waals surface area contributed by atoms with Crippen molar-refractivity contribution in [2.45, 2.75) is 45.2 Å². The molecule has 106 valence electrons. The molecule has 0 aromatic carbocycles. The summed E-state index contributed by atoms with van der Waals surface area (Å²) in [5, 5.41) is 7.72. The van der Waals surface area contributed by atoms with Crippen molar-refractivity contribution in [3.8, 4) is 5.88 Å². The lowest BCUT2D eigenvalue weighted by atomic mass is 9.98. The first-order valence-electron chi connectivity index (χ1n) is 7.10. The molecule has 1 aliphatic carbocycles. The quantitative estimate of drug-likeness (QED) is 0.845. The number of nitrogens with one attached hydrogen (secondary N) is 1. The zero-order chi connectivity index (χ0) is 13.7. The normalized spacial score (nSPS) is 17.6. The van der Waals surface area contributed by atoms with E-state index in [2.05, 4.69) is 17.3 Å². The number of aromatic nitrogens is 2. The molecule has 2 rings (SSSR count). The van der Waals surface area contributed by atoms with Crippen molar-refractivity contribution in [2.24, 2.45) is 5.92 Å². The molecule has 1 aromatic rings. The minimum absolute atomic E-state index is 0.0679. The number of nitrogens with zero attached hydrogens (tertiary/aromatic N) is 2. The van der Waals surface area contributed by atoms with Gasteiger partial charge in [-0.2, -0.15) is 0 Å². The Morgan fingerprint density at radius 2 is 2.21 bits per heavy atom. The van der Waals surface area contributed by atoms with Crippen molar-refractivity contribution in [3.05, 3.63) is 22.5 Å². The SMILES string of the molecule is CCNC(Cn1nc(OC)ccc1=O)C1CCCC1. The van der Waals surface area contributed by atoms with E-state index in [9.17, 15) is 4.79 Å². The average molecular weight is 265 g/mol. The zero-order valence-electron chi connectivity index (χ0n) is 11.8. The van der Waals surface area contributed by atoms with Gasteiger partial charge in [-0.3, -0.25) is 4.79 Å². The van der Waals surface area contributed by atoms with Gasteiger partial charge in [0, 0.05) is 18.2 Å². The van der Waals surface area contributed by atoms with Gasteiger partial charge in [0.2, 0.25) is 5.88 Å². The van der Waals surface area contributed by atoms with Gasteiger partial charge in [-0.15, -0.1) is 5.10 Å². The predicted octanol–water partition coefficient (Wildman–Crippen LogP) is 1.42. The first-order valence-corrected chi connectivity index (χ1v) is 7.10. The smallest absolute Gasteiger partial charge is 0.267 e. The van der Waals surface area contributed by atoms with Gasteiger partial charge < -0.3 is 10.1 Å². The molecule has 1 unspecified atom stereocenters. The fraction of sp³-hybridized carbons (Fsp3) is 0.714. The lowest BCUT2D eigenvalue weighted by Crippen LogP contribution is -2.41. The molecule has 19 heavy (non-hydrogen) atoms. The van der Waals surface area contributed by atoms with Crippen molar-refractivity contribution < 1.29 is 4.74 Å². The second kappa shape index (κ2) is 6.70. The molecule has 1 fully saturated rings. The first kappa shape index (κ1) is 14.1. The number of likely N-dealkylation sites (N-methyl/N-ethyl adjacent to an activating group) is 1. The number of rotatable bonds is 6. The van der Waals surface area contributed by atoms with E-state index in [0.717, 1.165) is 6.54 Å². The van der Waals surface area contributed by atoms with Crippen molar-refractivity contribution in [2.75, 3.05) is 13.7 Å². The van der Waals surface area contributed by atoms with Crippen LogP contribution in [0.5, 0.6) is 5.88 Å². The van der Waals surface area contributed by atoms with Crippen LogP contribution < -0.4 is 15.6 Å². The number of hydrogen-bond acceptors (Lipinski definition) is 4. The minimum Gasteiger partial charge on any atom is -0.480 e. The Kier molecular flexibility index (Phi) is 4.96. The highest BCUT2D eigenvalue weighted by atomic mass is 16.5. The summed E-state index contributed by atoms with van der Waals surface area (Å²) in [7, 11) is 1.57. The van der Waals surface area contributed by atoms with E-state index in [0.29, 0.717) is 24.4 Å². The summed E-state index contributed by atoms with van der Waals surface area (Å²) in [6.45, 7) is 3.64. The third kappa shape index (κ3) is 3.56. The summed E-state index contributed by atoms with van der Waals surface area (Å²) in [6.07, 6.45) is 5.09. The molecule has 0 spiro atoms. The second-order valence-electron chi connectivity index (χ2n) is 5.10. The molecule has 0 amide bonds. The molecular weight excluding hydrogens is 242 g/mol. The highest BCUT2D eigenvalue weighted by Crippen LogP contribution is 2.28. The molecule has 1 atom stereocenters. The molecule has 5 nitrogen and oxygen atoms in total. The third-order valence-electron chi connectivity index (χ3n) is 3.86. The lowest BCUT2D eigenvalue weighted by molar-refractivity contribution is 0.301. The van der Waals surface area contributed by atoms with Crippen LogP contribution in [0.1, 0.15) is 32.6 Å². The molecule has 1 saturated carbocycles. The van der Waals surface area contributed by atoms with E-state index < -0.39 is 0 Å². The maximum atomic E-state index is 11.9. The zero-order valence-corrected chi connectivity index (χ0v) is 11.8. The summed E-state index contributed by atoms with van der Waals surface area (Å²) in [6, 6.07) is 3.45. The van der Waals surface area contributed by atoms with E-state index in [4.69, 9.17) is 4.74 Å². The van der Waals surface area contributed by atoms with Crippen molar-refractivity contribution in [3.63, 3.8) is 0 Å². The van der Waals surface area contributed by atoms with Crippen molar-refractivity contribution >= 4 is 0 Å². The predicted molar refractivity (Wildman–Crippen MR) is 74.5 cm³/mol. The van der Waals surface area contributed by atoms with Gasteiger partial charge in [0.1, 0.15) is 0 Å². The van der Waals surface area contributed by atoms with Crippen LogP contribution in [0.15, 0.2) is 16.9 Å². The van der Waals surface area contributed by atoms with E-state index in [1.165, 1.54) is 36.4 Å². The second-order valence-corrected chi connectivity index (χ2v) is 5.10. The molecule has 0 saturated heterocycles. The fourth-order valence-corrected chi connectivity index (χ4v) is 2.86. The van der Waals surface area contributed by atoms with Crippen LogP contribution in [0.4, 0.5) is 0 Å². The van der Waals surface area contributed by atoms with Gasteiger partial charge in [0.15, 0.2) is 0 Å². The molecule has 0 radical (unpaired) electrons. The first-order chi connectivity index (χ1) is 9.24. The summed E-state index contributed by atoms with van der Waals surface area (Å²) in [4.78, 5) is 11.9. The Hall–Kier alpha value is -1.36. The van der Waals surface area contributed by atoms with Crippen LogP contribution in [0.25, 0.3) is 0 Å². The van der Waals surface area contributed by atoms with Gasteiger partial charge in [0.05, 0.1) is 13.7 Å². The van der Waals surface area contributed by atoms with E-state index in [1.54, 1.807) is 13.2 Å². The summed E-state index contributed by atoms with van der Waals surface area (Å²) >= 11 is 0. The van der Waals surface area contributed by atoms with E-state index in [-0.39, 0.29) is 5.56 Å². The van der Waals surface area contributed by atoms with Gasteiger partial charge in [-0.1, -0.05) is 19.8 Å². The molecule has 1 aromatic heterocycles. The molecule has 5 heteroatoms. The number of hydrogen-bond donors (Lipinski definition) is 1. The average Bonchev–Trinajstić information content (AvgIpc) is 2.94. The number of ether oxygens (including phenoxy) is 1. The van der Waals surface area contributed by atoms with Crippen LogP contribution in [0, 0.1) is 5.92 Å². The van der Waals surface area contributed by atoms with Crippen molar-refractivity contribution in [1.82, 2.24) is 15.1 Å². The monoisotopic (exact) mass is 265 g/mol. The Morgan fingerprint density at radius 1 is 1.47 bits per heavy atom. The van der Waals surface area contributed by atoms with Gasteiger partial charge in [-0.05, 0) is 25.3 Å². The minimum atomic E-state index is -0.0679. The van der Waals surface area contributed by atoms with Crippen LogP contribution in [-0.2, 0) is 6.54 Å². The Balaban J connectivity index is 2.13. The summed E-state index contributed by atoms with van der Waals surface area (Å²) in [5.74, 6) is 1.14. The maximum absolute atomic E-state index is 11.9. The van der Waals surface area contributed by atoms with Crippen molar-refractivity contribution in [1.29, 1.82) is 0 Å². The number of methoxy groups -OCH3 is 1. The molecule has 1 heterocycles. The van der Waals surface area contributed by atoms with Gasteiger partial charge in [0.25, 0.3) is 5.56 Å². The third-order valence-corrected chi connectivity index (χ3v) is 3.86. The van der Waals surface area contributed by atoms with Gasteiger partial charge in [-0.25, -0.2) is 4.68 Å². The maximum Gasteiger partial charge on any atom is 0.267 e. The lowest BCUT2D eigenvalue weighted by Gasteiger charge is -2.24. The molecule has 0 aliphatic heterocycles. The van der Waals surface area contributed by atoms with Crippen LogP contribution in [0.3, 0.4) is 0 Å². The van der Waals surface area contributed by atoms with Gasteiger partial charge >= 0.3 is 0 Å². The Morgan fingerprint density at radius 3 is 2.84 bits per heavy atom. The molecule has 0 bridgehead atoms. The largest absolute Gasteiger partial charge is 0.480 e. The highest BCUT2D eigenvalue weighted by molar-refractivity contribution is 5.06. The topological polar surface area (TPSA) is 56.1 Å².